The van der Waals surface area contributed by atoms with E-state index in [4.69, 9.17) is 11.6 Å². The number of nitrogens with one attached hydrogen (secondary N) is 2. The number of urea groups is 1. The Morgan fingerprint density at radius 1 is 0.853 bits per heavy atom. The number of imide groups is 1. The number of carbonyl (C=O) groups excluding carboxylic acids is 2. The highest BCUT2D eigenvalue weighted by molar-refractivity contribution is 6.30. The fourth-order valence-corrected chi connectivity index (χ4v) is 4.06. The van der Waals surface area contributed by atoms with Gasteiger partial charge in [-0.05, 0) is 35.9 Å². The Kier molecular flexibility index (Phi) is 5.61. The van der Waals surface area contributed by atoms with Crippen molar-refractivity contribution < 1.29 is 9.59 Å². The van der Waals surface area contributed by atoms with Gasteiger partial charge >= 0.3 is 6.03 Å². The van der Waals surface area contributed by atoms with Crippen molar-refractivity contribution in [2.45, 2.75) is 6.54 Å². The van der Waals surface area contributed by atoms with Crippen LogP contribution in [0, 0.1) is 0 Å². The van der Waals surface area contributed by atoms with Gasteiger partial charge < -0.3 is 5.32 Å². The molecule has 0 radical (unpaired) electrons. The van der Waals surface area contributed by atoms with Crippen LogP contribution in [0.3, 0.4) is 0 Å². The van der Waals surface area contributed by atoms with Crippen LogP contribution in [-0.4, -0.2) is 26.6 Å². The van der Waals surface area contributed by atoms with Gasteiger partial charge in [-0.2, -0.15) is 0 Å². The minimum absolute atomic E-state index is 0.0283. The molecule has 1 saturated heterocycles. The Balaban J connectivity index is 1.56. The predicted molar refractivity (Wildman–Crippen MR) is 130 cm³/mol. The van der Waals surface area contributed by atoms with Crippen molar-refractivity contribution in [3.05, 3.63) is 117 Å². The van der Waals surface area contributed by atoms with Gasteiger partial charge in [-0.1, -0.05) is 72.3 Å². The lowest BCUT2D eigenvalue weighted by Crippen LogP contribution is -2.30. The summed E-state index contributed by atoms with van der Waals surface area (Å²) in [4.78, 5) is 40.1. The summed E-state index contributed by atoms with van der Waals surface area (Å²) in [5, 5.41) is 6.26. The third-order valence-electron chi connectivity index (χ3n) is 5.48. The average molecular weight is 471 g/mol. The Hall–Kier alpha value is -4.36. The van der Waals surface area contributed by atoms with Gasteiger partial charge in [0.1, 0.15) is 5.70 Å². The molecule has 4 aromatic rings. The molecule has 34 heavy (non-hydrogen) atoms. The Labute approximate surface area is 199 Å². The molecule has 0 atom stereocenters. The van der Waals surface area contributed by atoms with Crippen LogP contribution in [0.2, 0.25) is 5.02 Å². The monoisotopic (exact) mass is 470 g/mol. The van der Waals surface area contributed by atoms with Crippen LogP contribution in [0.1, 0.15) is 11.1 Å². The largest absolute Gasteiger partial charge is 0.329 e. The molecule has 2 heterocycles. The van der Waals surface area contributed by atoms with E-state index in [2.05, 4.69) is 10.4 Å². The van der Waals surface area contributed by atoms with Gasteiger partial charge in [-0.3, -0.25) is 19.6 Å². The first kappa shape index (κ1) is 21.5. The molecule has 1 aliphatic heterocycles. The number of hydrogen-bond acceptors (Lipinski definition) is 3. The first-order valence-corrected chi connectivity index (χ1v) is 10.9. The van der Waals surface area contributed by atoms with E-state index in [-0.39, 0.29) is 23.4 Å². The van der Waals surface area contributed by atoms with Gasteiger partial charge in [0.05, 0.1) is 23.5 Å². The number of benzene rings is 3. The lowest BCUT2D eigenvalue weighted by atomic mass is 10.1. The molecule has 2 N–H and O–H groups in total. The fraction of sp³-hybridized carbons (Fsp3) is 0.0385. The van der Waals surface area contributed by atoms with E-state index in [1.54, 1.807) is 36.4 Å². The van der Waals surface area contributed by atoms with E-state index in [1.807, 2.05) is 48.5 Å². The van der Waals surface area contributed by atoms with Crippen LogP contribution in [0.4, 0.5) is 4.79 Å². The standard InChI is InChI=1S/C26H19ClN4O3/c27-19-11-7-8-17(14-19)16-30-25(33)22(28-26(30)34)15-21-23(18-9-3-1-4-10-18)29-31(24(21)32)20-12-5-2-6-13-20/h1-15,29H,16H2,(H,28,34)/b22-15-. The molecule has 1 aromatic heterocycles. The molecule has 1 fully saturated rings. The molecule has 0 bridgehead atoms. The summed E-state index contributed by atoms with van der Waals surface area (Å²) >= 11 is 6.03. The number of rotatable bonds is 5. The molecule has 3 aromatic carbocycles. The molecule has 8 heteroatoms. The van der Waals surface area contributed by atoms with Crippen molar-refractivity contribution in [1.29, 1.82) is 0 Å². The number of aromatic amines is 1. The Morgan fingerprint density at radius 3 is 2.26 bits per heavy atom. The third-order valence-corrected chi connectivity index (χ3v) is 5.72. The van der Waals surface area contributed by atoms with Crippen LogP contribution in [-0.2, 0) is 11.3 Å². The van der Waals surface area contributed by atoms with Gasteiger partial charge in [0.15, 0.2) is 0 Å². The second-order valence-electron chi connectivity index (χ2n) is 7.75. The van der Waals surface area contributed by atoms with Crippen LogP contribution in [0.15, 0.2) is 95.4 Å². The van der Waals surface area contributed by atoms with Crippen molar-refractivity contribution in [3.63, 3.8) is 0 Å². The number of hydrogen-bond donors (Lipinski definition) is 2. The summed E-state index contributed by atoms with van der Waals surface area (Å²) in [6, 6.07) is 24.9. The summed E-state index contributed by atoms with van der Waals surface area (Å²) in [5.74, 6) is -0.518. The maximum atomic E-state index is 13.4. The molecule has 1 aliphatic rings. The van der Waals surface area contributed by atoms with Gasteiger partial charge in [0.25, 0.3) is 11.5 Å². The van der Waals surface area contributed by atoms with Crippen LogP contribution < -0.4 is 10.9 Å². The molecular weight excluding hydrogens is 452 g/mol. The van der Waals surface area contributed by atoms with E-state index in [0.717, 1.165) is 16.0 Å². The summed E-state index contributed by atoms with van der Waals surface area (Å²) in [6.07, 6.45) is 1.43. The number of halogens is 1. The Morgan fingerprint density at radius 2 is 1.56 bits per heavy atom. The summed E-state index contributed by atoms with van der Waals surface area (Å²) < 4.78 is 1.42. The fourth-order valence-electron chi connectivity index (χ4n) is 3.85. The van der Waals surface area contributed by atoms with Gasteiger partial charge in [0, 0.05) is 10.6 Å². The third kappa shape index (κ3) is 4.04. The number of amides is 3. The van der Waals surface area contributed by atoms with E-state index >= 15 is 0 Å². The van der Waals surface area contributed by atoms with Crippen LogP contribution >= 0.6 is 11.6 Å². The minimum Gasteiger partial charge on any atom is -0.303 e. The van der Waals surface area contributed by atoms with Crippen LogP contribution in [0.25, 0.3) is 23.0 Å². The van der Waals surface area contributed by atoms with Crippen molar-refractivity contribution in [2.75, 3.05) is 0 Å². The maximum absolute atomic E-state index is 13.4. The van der Waals surface area contributed by atoms with Gasteiger partial charge in [-0.15, -0.1) is 0 Å². The molecule has 0 saturated carbocycles. The highest BCUT2D eigenvalue weighted by Gasteiger charge is 2.34. The van der Waals surface area contributed by atoms with E-state index in [9.17, 15) is 14.4 Å². The topological polar surface area (TPSA) is 87.2 Å². The number of para-hydroxylation sites is 1. The summed E-state index contributed by atoms with van der Waals surface area (Å²) in [6.45, 7) is 0.0650. The molecule has 7 nitrogen and oxygen atoms in total. The number of carbonyl (C=O) groups is 2. The second kappa shape index (κ2) is 8.88. The zero-order valence-electron chi connectivity index (χ0n) is 17.9. The first-order valence-electron chi connectivity index (χ1n) is 10.6. The molecule has 0 unspecified atom stereocenters. The lowest BCUT2D eigenvalue weighted by molar-refractivity contribution is -0.123. The number of aromatic nitrogens is 2. The Bertz CT molecular complexity index is 1470. The summed E-state index contributed by atoms with van der Waals surface area (Å²) in [7, 11) is 0. The lowest BCUT2D eigenvalue weighted by Gasteiger charge is -2.11. The minimum atomic E-state index is -0.559. The first-order chi connectivity index (χ1) is 16.5. The van der Waals surface area contributed by atoms with Crippen molar-refractivity contribution in [1.82, 2.24) is 20.0 Å². The zero-order chi connectivity index (χ0) is 23.7. The zero-order valence-corrected chi connectivity index (χ0v) is 18.6. The smallest absolute Gasteiger partial charge is 0.303 e. The van der Waals surface area contributed by atoms with Crippen molar-refractivity contribution >= 4 is 29.6 Å². The van der Waals surface area contributed by atoms with Crippen LogP contribution in [0.5, 0.6) is 0 Å². The van der Waals surface area contributed by atoms with Crippen molar-refractivity contribution in [2.24, 2.45) is 0 Å². The quantitative estimate of drug-likeness (QED) is 0.330. The summed E-state index contributed by atoms with van der Waals surface area (Å²) in [5.41, 5.74) is 2.64. The van der Waals surface area contributed by atoms with Gasteiger partial charge in [0.2, 0.25) is 0 Å². The molecule has 168 valence electrons. The number of H-pyrrole nitrogens is 1. The highest BCUT2D eigenvalue weighted by atomic mass is 35.5. The second-order valence-corrected chi connectivity index (χ2v) is 8.19. The van der Waals surface area contributed by atoms with E-state index < -0.39 is 11.9 Å². The molecule has 5 rings (SSSR count). The normalized spacial score (nSPS) is 14.6. The van der Waals surface area contributed by atoms with E-state index in [0.29, 0.717) is 16.4 Å². The highest BCUT2D eigenvalue weighted by Crippen LogP contribution is 2.24. The number of nitrogens with zero attached hydrogens (tertiary/aromatic N) is 2. The molecule has 0 spiro atoms. The SMILES string of the molecule is O=C1N/C(=C\c2c(-c3ccccc3)[nH]n(-c3ccccc3)c2=O)C(=O)N1Cc1cccc(Cl)c1. The average Bonchev–Trinajstić information content (AvgIpc) is 3.31. The molecular formula is C26H19ClN4O3. The maximum Gasteiger partial charge on any atom is 0.329 e. The van der Waals surface area contributed by atoms with E-state index in [1.165, 1.54) is 10.8 Å². The van der Waals surface area contributed by atoms with Crippen molar-refractivity contribution in [3.8, 4) is 16.9 Å². The molecule has 3 amide bonds. The predicted octanol–water partition coefficient (Wildman–Crippen LogP) is 4.58. The van der Waals surface area contributed by atoms with Gasteiger partial charge in [-0.25, -0.2) is 9.48 Å². The molecule has 0 aliphatic carbocycles.